The maximum Gasteiger partial charge on any atom is 0.347 e. The first-order chi connectivity index (χ1) is 8.45. The molecule has 1 aromatic carbocycles. The molecule has 1 aliphatic heterocycles. The van der Waals surface area contributed by atoms with Crippen LogP contribution in [0.5, 0.6) is 5.75 Å². The van der Waals surface area contributed by atoms with Gasteiger partial charge >= 0.3 is 5.97 Å². The standard InChI is InChI=1S/C10H7BrClNO5/c1-17-10(14)7-2-4-8(11)6(13(15)16)3-5(12)9(4)18-7/h3,7H,2H2,1H3. The Balaban J connectivity index is 2.47. The summed E-state index contributed by atoms with van der Waals surface area (Å²) in [6.07, 6.45) is -0.634. The number of ether oxygens (including phenoxy) is 2. The van der Waals surface area contributed by atoms with Crippen molar-refractivity contribution in [1.82, 2.24) is 0 Å². The van der Waals surface area contributed by atoms with Gasteiger partial charge in [0, 0.05) is 18.1 Å². The highest BCUT2D eigenvalue weighted by atomic mass is 79.9. The molecule has 1 atom stereocenters. The summed E-state index contributed by atoms with van der Waals surface area (Å²) in [5.74, 6) is -0.263. The zero-order valence-corrected chi connectivity index (χ0v) is 11.4. The Labute approximate surface area is 115 Å². The van der Waals surface area contributed by atoms with Crippen LogP contribution in [0.1, 0.15) is 5.56 Å². The van der Waals surface area contributed by atoms with Crippen molar-refractivity contribution in [2.24, 2.45) is 0 Å². The molecule has 96 valence electrons. The molecule has 0 saturated heterocycles. The third-order valence-corrected chi connectivity index (χ3v) is 3.72. The molecule has 6 nitrogen and oxygen atoms in total. The first-order valence-electron chi connectivity index (χ1n) is 4.85. The summed E-state index contributed by atoms with van der Waals surface area (Å²) < 4.78 is 10.2. The summed E-state index contributed by atoms with van der Waals surface area (Å²) >= 11 is 9.03. The third-order valence-electron chi connectivity index (χ3n) is 2.55. The van der Waals surface area contributed by atoms with Crippen LogP contribution in [0.2, 0.25) is 5.02 Å². The van der Waals surface area contributed by atoms with Crippen LogP contribution in [0.4, 0.5) is 5.69 Å². The van der Waals surface area contributed by atoms with Gasteiger partial charge in [-0.25, -0.2) is 4.79 Å². The lowest BCUT2D eigenvalue weighted by molar-refractivity contribution is -0.385. The van der Waals surface area contributed by atoms with E-state index >= 15 is 0 Å². The minimum atomic E-state index is -0.819. The van der Waals surface area contributed by atoms with Crippen molar-refractivity contribution in [3.8, 4) is 5.75 Å². The van der Waals surface area contributed by atoms with Gasteiger partial charge in [0.05, 0.1) is 17.1 Å². The molecule has 0 radical (unpaired) electrons. The van der Waals surface area contributed by atoms with E-state index in [1.807, 2.05) is 0 Å². The number of fused-ring (bicyclic) bond motifs is 1. The second-order valence-electron chi connectivity index (χ2n) is 3.59. The molecule has 8 heteroatoms. The zero-order valence-electron chi connectivity index (χ0n) is 9.11. The van der Waals surface area contributed by atoms with Crippen LogP contribution >= 0.6 is 27.5 Å². The lowest BCUT2D eigenvalue weighted by Gasteiger charge is -2.07. The number of carbonyl (C=O) groups excluding carboxylic acids is 1. The third kappa shape index (κ3) is 2.04. The van der Waals surface area contributed by atoms with Gasteiger partial charge in [-0.3, -0.25) is 10.1 Å². The largest absolute Gasteiger partial charge is 0.476 e. The Hall–Kier alpha value is -1.34. The summed E-state index contributed by atoms with van der Waals surface area (Å²) in [6.45, 7) is 0. The molecule has 0 fully saturated rings. The van der Waals surface area contributed by atoms with E-state index in [0.29, 0.717) is 5.56 Å². The SMILES string of the molecule is COC(=O)C1Cc2c(Br)c([N+](=O)[O-])cc(Cl)c2O1. The van der Waals surface area contributed by atoms with Crippen molar-refractivity contribution in [1.29, 1.82) is 0 Å². The first kappa shape index (κ1) is 13.1. The molecular weight excluding hydrogens is 329 g/mol. The number of esters is 1. The molecule has 0 aliphatic carbocycles. The van der Waals surface area contributed by atoms with E-state index in [1.165, 1.54) is 13.2 Å². The Morgan fingerprint density at radius 2 is 2.39 bits per heavy atom. The van der Waals surface area contributed by atoms with Crippen LogP contribution < -0.4 is 4.74 Å². The van der Waals surface area contributed by atoms with Crippen molar-refractivity contribution in [2.75, 3.05) is 7.11 Å². The molecule has 2 rings (SSSR count). The number of benzene rings is 1. The lowest BCUT2D eigenvalue weighted by Crippen LogP contribution is -2.26. The molecule has 0 spiro atoms. The van der Waals surface area contributed by atoms with Crippen LogP contribution in [0.15, 0.2) is 10.5 Å². The zero-order chi connectivity index (χ0) is 13.4. The highest BCUT2D eigenvalue weighted by Gasteiger charge is 2.36. The smallest absolute Gasteiger partial charge is 0.347 e. The molecular formula is C10H7BrClNO5. The molecule has 0 saturated carbocycles. The second kappa shape index (κ2) is 4.74. The van der Waals surface area contributed by atoms with Crippen LogP contribution in [-0.4, -0.2) is 24.1 Å². The van der Waals surface area contributed by atoms with Crippen molar-refractivity contribution in [3.05, 3.63) is 31.2 Å². The van der Waals surface area contributed by atoms with E-state index in [0.717, 1.165) is 0 Å². The molecule has 1 aromatic rings. The molecule has 1 heterocycles. The Bertz CT molecular complexity index is 548. The van der Waals surface area contributed by atoms with Crippen LogP contribution in [-0.2, 0) is 16.0 Å². The molecule has 1 unspecified atom stereocenters. The average Bonchev–Trinajstić information content (AvgIpc) is 2.78. The number of hydrogen-bond acceptors (Lipinski definition) is 5. The van der Waals surface area contributed by atoms with Crippen molar-refractivity contribution < 1.29 is 19.2 Å². The molecule has 18 heavy (non-hydrogen) atoms. The first-order valence-corrected chi connectivity index (χ1v) is 6.02. The Morgan fingerprint density at radius 1 is 1.72 bits per heavy atom. The monoisotopic (exact) mass is 335 g/mol. The van der Waals surface area contributed by atoms with Gasteiger partial charge in [0.15, 0.2) is 6.10 Å². The summed E-state index contributed by atoms with van der Waals surface area (Å²) in [4.78, 5) is 21.7. The fraction of sp³-hybridized carbons (Fsp3) is 0.300. The quantitative estimate of drug-likeness (QED) is 0.471. The minimum absolute atomic E-state index is 0.103. The summed E-state index contributed by atoms with van der Waals surface area (Å²) in [5, 5.41) is 10.9. The predicted molar refractivity (Wildman–Crippen MR) is 65.9 cm³/mol. The number of carbonyl (C=O) groups is 1. The van der Waals surface area contributed by atoms with Crippen molar-refractivity contribution >= 4 is 39.2 Å². The Morgan fingerprint density at radius 3 is 2.94 bits per heavy atom. The number of nitro benzene ring substituents is 1. The van der Waals surface area contributed by atoms with Gasteiger partial charge in [0.1, 0.15) is 10.2 Å². The molecule has 0 N–H and O–H groups in total. The van der Waals surface area contributed by atoms with Gasteiger partial charge < -0.3 is 9.47 Å². The van der Waals surface area contributed by atoms with E-state index in [-0.39, 0.29) is 27.4 Å². The maximum absolute atomic E-state index is 11.4. The van der Waals surface area contributed by atoms with Gasteiger partial charge in [-0.05, 0) is 15.9 Å². The summed E-state index contributed by atoms with van der Waals surface area (Å²) in [7, 11) is 1.24. The molecule has 1 aliphatic rings. The molecule has 0 bridgehead atoms. The normalized spacial score (nSPS) is 16.9. The van der Waals surface area contributed by atoms with Crippen LogP contribution in [0, 0.1) is 10.1 Å². The van der Waals surface area contributed by atoms with Gasteiger partial charge in [-0.2, -0.15) is 0 Å². The van der Waals surface area contributed by atoms with Crippen molar-refractivity contribution in [2.45, 2.75) is 12.5 Å². The van der Waals surface area contributed by atoms with Gasteiger partial charge in [0.2, 0.25) is 0 Å². The summed E-state index contributed by atoms with van der Waals surface area (Å²) in [5.41, 5.74) is 0.345. The average molecular weight is 337 g/mol. The van der Waals surface area contributed by atoms with E-state index < -0.39 is 17.0 Å². The summed E-state index contributed by atoms with van der Waals surface area (Å²) in [6, 6.07) is 1.18. The van der Waals surface area contributed by atoms with Crippen LogP contribution in [0.25, 0.3) is 0 Å². The van der Waals surface area contributed by atoms with Gasteiger partial charge in [-0.1, -0.05) is 11.6 Å². The number of nitro groups is 1. The predicted octanol–water partition coefficient (Wildman–Crippen LogP) is 2.49. The number of methoxy groups -OCH3 is 1. The topological polar surface area (TPSA) is 78.7 Å². The fourth-order valence-electron chi connectivity index (χ4n) is 1.72. The van der Waals surface area contributed by atoms with E-state index in [4.69, 9.17) is 16.3 Å². The van der Waals surface area contributed by atoms with E-state index in [1.54, 1.807) is 0 Å². The number of hydrogen-bond donors (Lipinski definition) is 0. The number of halogens is 2. The second-order valence-corrected chi connectivity index (χ2v) is 4.79. The van der Waals surface area contributed by atoms with E-state index in [9.17, 15) is 14.9 Å². The maximum atomic E-state index is 11.4. The Kier molecular flexibility index (Phi) is 3.45. The number of rotatable bonds is 2. The highest BCUT2D eigenvalue weighted by Crippen LogP contribution is 2.45. The molecule has 0 aromatic heterocycles. The highest BCUT2D eigenvalue weighted by molar-refractivity contribution is 9.10. The van der Waals surface area contributed by atoms with E-state index in [2.05, 4.69) is 20.7 Å². The van der Waals surface area contributed by atoms with Crippen molar-refractivity contribution in [3.63, 3.8) is 0 Å². The minimum Gasteiger partial charge on any atom is -0.476 e. The fourth-order valence-corrected chi connectivity index (χ4v) is 2.59. The number of nitrogens with zero attached hydrogens (tertiary/aromatic N) is 1. The lowest BCUT2D eigenvalue weighted by atomic mass is 10.1. The van der Waals surface area contributed by atoms with Gasteiger partial charge in [0.25, 0.3) is 5.69 Å². The molecule has 0 amide bonds. The van der Waals surface area contributed by atoms with Gasteiger partial charge in [-0.15, -0.1) is 0 Å². The van der Waals surface area contributed by atoms with Crippen LogP contribution in [0.3, 0.4) is 0 Å².